The van der Waals surface area contributed by atoms with Crippen LogP contribution in [0.4, 0.5) is 0 Å². The zero-order valence-corrected chi connectivity index (χ0v) is 16.6. The molecule has 4 heteroatoms. The number of carbonyl (C=O) groups excluding carboxylic acids is 1. The van der Waals surface area contributed by atoms with Crippen LogP contribution >= 0.6 is 0 Å². The molecule has 146 valence electrons. The molecule has 0 radical (unpaired) electrons. The van der Waals surface area contributed by atoms with E-state index in [4.69, 9.17) is 11.3 Å². The second-order valence-corrected chi connectivity index (χ2v) is 7.66. The molecular formula is C25H23NO3. The van der Waals surface area contributed by atoms with E-state index in [0.29, 0.717) is 5.57 Å². The lowest BCUT2D eigenvalue weighted by atomic mass is 9.93. The lowest BCUT2D eigenvalue weighted by molar-refractivity contribution is -0.142. The van der Waals surface area contributed by atoms with Crippen LogP contribution in [-0.2, 0) is 9.53 Å². The molecule has 0 fully saturated rings. The Kier molecular flexibility index (Phi) is 6.11. The van der Waals surface area contributed by atoms with Crippen molar-refractivity contribution in [3.8, 4) is 0 Å². The predicted molar refractivity (Wildman–Crippen MR) is 115 cm³/mol. The van der Waals surface area contributed by atoms with Gasteiger partial charge in [-0.2, -0.15) is 0 Å². The molecule has 0 spiro atoms. The van der Waals surface area contributed by atoms with Gasteiger partial charge in [0.15, 0.2) is 0 Å². The summed E-state index contributed by atoms with van der Waals surface area (Å²) in [5, 5.41) is 11.5. The Bertz CT molecular complexity index is 1090. The number of hydrogen-bond donors (Lipinski definition) is 1. The van der Waals surface area contributed by atoms with E-state index in [0.717, 1.165) is 21.9 Å². The Morgan fingerprint density at radius 2 is 1.62 bits per heavy atom. The molecule has 0 aliphatic rings. The van der Waals surface area contributed by atoms with E-state index in [1.807, 2.05) is 72.8 Å². The molecule has 0 aliphatic heterocycles. The smallest absolute Gasteiger partial charge is 0.336 e. The number of aliphatic hydroxyl groups is 1. The van der Waals surface area contributed by atoms with Crippen molar-refractivity contribution in [3.63, 3.8) is 0 Å². The summed E-state index contributed by atoms with van der Waals surface area (Å²) in [7, 11) is 0. The first kappa shape index (κ1) is 20.3. The highest BCUT2D eigenvalue weighted by molar-refractivity contribution is 6.04. The van der Waals surface area contributed by atoms with Crippen molar-refractivity contribution in [1.82, 2.24) is 0 Å². The number of nitrogens with zero attached hydrogens (tertiary/aromatic N) is 1. The molecule has 0 amide bonds. The molecule has 0 heterocycles. The molecule has 4 nitrogen and oxygen atoms in total. The van der Waals surface area contributed by atoms with Crippen molar-refractivity contribution in [2.24, 2.45) is 5.41 Å². The number of benzene rings is 3. The number of aliphatic hydroxyl groups excluding tert-OH is 1. The molecule has 0 unspecified atom stereocenters. The Morgan fingerprint density at radius 1 is 0.966 bits per heavy atom. The molecule has 0 aromatic heterocycles. The van der Waals surface area contributed by atoms with Gasteiger partial charge in [0.1, 0.15) is 0 Å². The van der Waals surface area contributed by atoms with Gasteiger partial charge in [-0.25, -0.2) is 4.85 Å². The van der Waals surface area contributed by atoms with Crippen LogP contribution in [0.3, 0.4) is 0 Å². The Hall–Kier alpha value is -3.42. The molecule has 0 atom stereocenters. The average Bonchev–Trinajstić information content (AvgIpc) is 2.76. The number of esters is 1. The number of rotatable bonds is 6. The summed E-state index contributed by atoms with van der Waals surface area (Å²) < 4.78 is 5.39. The van der Waals surface area contributed by atoms with Gasteiger partial charge in [-0.1, -0.05) is 80.6 Å². The summed E-state index contributed by atoms with van der Waals surface area (Å²) in [6.45, 7) is 11.2. The molecule has 3 aromatic carbocycles. The normalized spacial score (nSPS) is 12.2. The van der Waals surface area contributed by atoms with Crippen molar-refractivity contribution in [1.29, 1.82) is 0 Å². The van der Waals surface area contributed by atoms with E-state index in [2.05, 4.69) is 4.85 Å². The van der Waals surface area contributed by atoms with Crippen molar-refractivity contribution in [2.75, 3.05) is 13.2 Å². The van der Waals surface area contributed by atoms with Gasteiger partial charge in [0, 0.05) is 11.0 Å². The maximum absolute atomic E-state index is 12.8. The third-order valence-corrected chi connectivity index (χ3v) is 4.66. The molecule has 3 rings (SSSR count). The Balaban J connectivity index is 2.12. The monoisotopic (exact) mass is 385 g/mol. The Labute approximate surface area is 170 Å². The van der Waals surface area contributed by atoms with Gasteiger partial charge in [0.25, 0.3) is 5.70 Å². The van der Waals surface area contributed by atoms with Gasteiger partial charge in [0.05, 0.1) is 19.8 Å². The lowest BCUT2D eigenvalue weighted by Crippen LogP contribution is -2.26. The van der Waals surface area contributed by atoms with Crippen LogP contribution in [0.2, 0.25) is 0 Å². The lowest BCUT2D eigenvalue weighted by Gasteiger charge is -2.21. The highest BCUT2D eigenvalue weighted by Gasteiger charge is 2.24. The summed E-state index contributed by atoms with van der Waals surface area (Å²) >= 11 is 0. The SMILES string of the molecule is [C-]#[N+]/C(C(=O)OCC(C)(C)CO)=C(/c1ccccc1)c1ccc2ccccc2c1. The van der Waals surface area contributed by atoms with Crippen LogP contribution in [0, 0.1) is 12.0 Å². The molecular weight excluding hydrogens is 362 g/mol. The summed E-state index contributed by atoms with van der Waals surface area (Å²) in [5.74, 6) is -0.687. The van der Waals surface area contributed by atoms with E-state index in [1.165, 1.54) is 0 Å². The maximum atomic E-state index is 12.8. The van der Waals surface area contributed by atoms with E-state index in [-0.39, 0.29) is 18.9 Å². The predicted octanol–water partition coefficient (Wildman–Crippen LogP) is 5.08. The minimum Gasteiger partial charge on any atom is -0.470 e. The molecule has 3 aromatic rings. The molecule has 29 heavy (non-hydrogen) atoms. The zero-order chi connectivity index (χ0) is 20.9. The first-order valence-corrected chi connectivity index (χ1v) is 9.39. The van der Waals surface area contributed by atoms with Gasteiger partial charge in [-0.15, -0.1) is 0 Å². The van der Waals surface area contributed by atoms with Crippen LogP contribution in [0.1, 0.15) is 25.0 Å². The van der Waals surface area contributed by atoms with E-state index < -0.39 is 11.4 Å². The van der Waals surface area contributed by atoms with Gasteiger partial charge in [0.2, 0.25) is 0 Å². The third kappa shape index (κ3) is 4.71. The molecule has 0 bridgehead atoms. The van der Waals surface area contributed by atoms with Crippen LogP contribution in [0.5, 0.6) is 0 Å². The van der Waals surface area contributed by atoms with Gasteiger partial charge in [-0.05, 0) is 28.0 Å². The zero-order valence-electron chi connectivity index (χ0n) is 16.6. The highest BCUT2D eigenvalue weighted by Crippen LogP contribution is 2.31. The fourth-order valence-electron chi connectivity index (χ4n) is 2.97. The fourth-order valence-corrected chi connectivity index (χ4v) is 2.97. The summed E-state index contributed by atoms with van der Waals surface area (Å²) in [6.07, 6.45) is 0. The van der Waals surface area contributed by atoms with Gasteiger partial charge in [-0.3, -0.25) is 4.79 Å². The molecule has 0 saturated heterocycles. The average molecular weight is 385 g/mol. The van der Waals surface area contributed by atoms with E-state index in [1.54, 1.807) is 13.8 Å². The highest BCUT2D eigenvalue weighted by atomic mass is 16.5. The van der Waals surface area contributed by atoms with E-state index in [9.17, 15) is 9.90 Å². The third-order valence-electron chi connectivity index (χ3n) is 4.66. The van der Waals surface area contributed by atoms with Crippen LogP contribution < -0.4 is 0 Å². The van der Waals surface area contributed by atoms with Crippen molar-refractivity contribution in [3.05, 3.63) is 101 Å². The maximum Gasteiger partial charge on any atom is 0.336 e. The number of carbonyl (C=O) groups is 1. The van der Waals surface area contributed by atoms with Gasteiger partial charge < -0.3 is 9.84 Å². The second-order valence-electron chi connectivity index (χ2n) is 7.66. The largest absolute Gasteiger partial charge is 0.470 e. The standard InChI is InChI=1S/C25H23NO3/c1-25(2,16-27)17-29-24(28)23(26-3)22(19-10-5-4-6-11-19)21-14-13-18-9-7-8-12-20(18)15-21/h4-15,27H,16-17H2,1-2H3/b23-22-. The van der Waals surface area contributed by atoms with Crippen LogP contribution in [-0.4, -0.2) is 24.3 Å². The van der Waals surface area contributed by atoms with Crippen LogP contribution in [0.15, 0.2) is 78.5 Å². The molecule has 0 aliphatic carbocycles. The van der Waals surface area contributed by atoms with Crippen molar-refractivity contribution in [2.45, 2.75) is 13.8 Å². The van der Waals surface area contributed by atoms with Crippen LogP contribution in [0.25, 0.3) is 21.2 Å². The van der Waals surface area contributed by atoms with Gasteiger partial charge >= 0.3 is 5.97 Å². The first-order valence-electron chi connectivity index (χ1n) is 9.39. The number of hydrogen-bond acceptors (Lipinski definition) is 3. The number of ether oxygens (including phenoxy) is 1. The molecule has 1 N–H and O–H groups in total. The fraction of sp³-hybridized carbons (Fsp3) is 0.200. The van der Waals surface area contributed by atoms with Crippen molar-refractivity contribution >= 4 is 22.3 Å². The van der Waals surface area contributed by atoms with E-state index >= 15 is 0 Å². The topological polar surface area (TPSA) is 50.9 Å². The van der Waals surface area contributed by atoms with Crippen molar-refractivity contribution < 1.29 is 14.6 Å². The minimum atomic E-state index is -0.687. The molecule has 0 saturated carbocycles. The summed E-state index contributed by atoms with van der Waals surface area (Å²) in [4.78, 5) is 16.4. The summed E-state index contributed by atoms with van der Waals surface area (Å²) in [6, 6.07) is 23.2. The first-order chi connectivity index (χ1) is 13.9. The minimum absolute atomic E-state index is 0.0289. The second kappa shape index (κ2) is 8.72. The Morgan fingerprint density at radius 3 is 2.28 bits per heavy atom. The quantitative estimate of drug-likeness (QED) is 0.366. The summed E-state index contributed by atoms with van der Waals surface area (Å²) in [5.41, 5.74) is 1.45. The number of fused-ring (bicyclic) bond motifs is 1.